The molecule has 1 unspecified atom stereocenters. The van der Waals surface area contributed by atoms with Crippen LogP contribution in [0.25, 0.3) is 0 Å². The van der Waals surface area contributed by atoms with Crippen molar-refractivity contribution in [2.45, 2.75) is 39.7 Å². The van der Waals surface area contributed by atoms with Crippen molar-refractivity contribution in [2.24, 2.45) is 5.92 Å². The Morgan fingerprint density at radius 3 is 2.71 bits per heavy atom. The summed E-state index contributed by atoms with van der Waals surface area (Å²) in [5, 5.41) is 7.12. The van der Waals surface area contributed by atoms with Crippen molar-refractivity contribution in [2.75, 3.05) is 19.6 Å². The predicted octanol–water partition coefficient (Wildman–Crippen LogP) is 3.02. The van der Waals surface area contributed by atoms with E-state index < -0.39 is 0 Å². The molecule has 1 atom stereocenters. The Balaban J connectivity index is 1.84. The second-order valence-corrected chi connectivity index (χ2v) is 6.65. The topological polar surface area (TPSA) is 24.1 Å². The van der Waals surface area contributed by atoms with Gasteiger partial charge in [-0.3, -0.25) is 0 Å². The van der Waals surface area contributed by atoms with Gasteiger partial charge in [-0.2, -0.15) is 0 Å². The third-order valence-corrected chi connectivity index (χ3v) is 4.70. The molecule has 2 nitrogen and oxygen atoms in total. The Bertz CT molecular complexity index is 353. The van der Waals surface area contributed by atoms with Crippen molar-refractivity contribution in [3.8, 4) is 0 Å². The van der Waals surface area contributed by atoms with Gasteiger partial charge in [-0.15, -0.1) is 11.3 Å². The smallest absolute Gasteiger partial charge is 0.0302 e. The molecule has 1 aromatic rings. The Kier molecular flexibility index (Phi) is 4.60. The zero-order valence-electron chi connectivity index (χ0n) is 11.2. The fourth-order valence-electron chi connectivity index (χ4n) is 2.62. The second kappa shape index (κ2) is 5.98. The van der Waals surface area contributed by atoms with Gasteiger partial charge in [-0.1, -0.05) is 0 Å². The van der Waals surface area contributed by atoms with Crippen LogP contribution in [0.1, 0.15) is 41.1 Å². The van der Waals surface area contributed by atoms with Gasteiger partial charge in [-0.25, -0.2) is 0 Å². The molecule has 1 saturated heterocycles. The Hall–Kier alpha value is -0.380. The maximum atomic E-state index is 3.70. The Morgan fingerprint density at radius 1 is 1.41 bits per heavy atom. The molecule has 0 aromatic carbocycles. The minimum Gasteiger partial charge on any atom is -0.317 e. The maximum Gasteiger partial charge on any atom is 0.0302 e. The van der Waals surface area contributed by atoms with E-state index in [2.05, 4.69) is 37.5 Å². The average Bonchev–Trinajstić information content (AvgIpc) is 2.67. The second-order valence-electron chi connectivity index (χ2n) is 5.19. The molecular formula is C14H24N2S. The highest BCUT2D eigenvalue weighted by Crippen LogP contribution is 2.26. The molecule has 0 aliphatic carbocycles. The average molecular weight is 252 g/mol. The normalized spacial score (nSPS) is 19.5. The summed E-state index contributed by atoms with van der Waals surface area (Å²) in [6.07, 6.45) is 2.64. The Labute approximate surface area is 109 Å². The van der Waals surface area contributed by atoms with E-state index in [1.165, 1.54) is 41.2 Å². The molecular weight excluding hydrogens is 228 g/mol. The third-order valence-electron chi connectivity index (χ3n) is 3.72. The standard InChI is InChI=1S/C14H24N2S/c1-10-8-14(12(3)17-10)11(2)16-9-13-4-6-15-7-5-13/h8,11,13,15-16H,4-7,9H2,1-3H3. The number of thiophene rings is 1. The number of hydrogen-bond donors (Lipinski definition) is 2. The molecule has 0 bridgehead atoms. The summed E-state index contributed by atoms with van der Waals surface area (Å²) >= 11 is 1.91. The van der Waals surface area contributed by atoms with Crippen LogP contribution in [0.3, 0.4) is 0 Å². The molecule has 2 N–H and O–H groups in total. The molecule has 2 heterocycles. The summed E-state index contributed by atoms with van der Waals surface area (Å²) in [6.45, 7) is 10.3. The largest absolute Gasteiger partial charge is 0.317 e. The maximum absolute atomic E-state index is 3.70. The van der Waals surface area contributed by atoms with E-state index in [4.69, 9.17) is 0 Å². The first kappa shape index (κ1) is 13.1. The summed E-state index contributed by atoms with van der Waals surface area (Å²) < 4.78 is 0. The van der Waals surface area contributed by atoms with Crippen molar-refractivity contribution in [3.63, 3.8) is 0 Å². The molecule has 0 amide bonds. The minimum absolute atomic E-state index is 0.495. The number of aryl methyl sites for hydroxylation is 2. The van der Waals surface area contributed by atoms with Gasteiger partial charge in [0.05, 0.1) is 0 Å². The van der Waals surface area contributed by atoms with E-state index in [0.717, 1.165) is 12.5 Å². The lowest BCUT2D eigenvalue weighted by Gasteiger charge is -2.24. The van der Waals surface area contributed by atoms with Gasteiger partial charge in [0.1, 0.15) is 0 Å². The van der Waals surface area contributed by atoms with Gasteiger partial charge < -0.3 is 10.6 Å². The van der Waals surface area contributed by atoms with Crippen LogP contribution in [0.15, 0.2) is 6.07 Å². The monoisotopic (exact) mass is 252 g/mol. The first-order valence-electron chi connectivity index (χ1n) is 6.68. The summed E-state index contributed by atoms with van der Waals surface area (Å²) in [5.74, 6) is 0.860. The molecule has 1 fully saturated rings. The van der Waals surface area contributed by atoms with Gasteiger partial charge in [0.25, 0.3) is 0 Å². The molecule has 1 aliphatic rings. The van der Waals surface area contributed by atoms with Crippen LogP contribution in [0.2, 0.25) is 0 Å². The van der Waals surface area contributed by atoms with E-state index in [-0.39, 0.29) is 0 Å². The molecule has 96 valence electrons. The van der Waals surface area contributed by atoms with E-state index in [0.29, 0.717) is 6.04 Å². The summed E-state index contributed by atoms with van der Waals surface area (Å²) in [5.41, 5.74) is 1.49. The molecule has 0 spiro atoms. The minimum atomic E-state index is 0.495. The summed E-state index contributed by atoms with van der Waals surface area (Å²) in [7, 11) is 0. The van der Waals surface area contributed by atoms with Crippen LogP contribution < -0.4 is 10.6 Å². The van der Waals surface area contributed by atoms with Crippen molar-refractivity contribution >= 4 is 11.3 Å². The quantitative estimate of drug-likeness (QED) is 0.861. The number of nitrogens with one attached hydrogen (secondary N) is 2. The zero-order chi connectivity index (χ0) is 12.3. The highest BCUT2D eigenvalue weighted by molar-refractivity contribution is 7.12. The molecule has 1 aliphatic heterocycles. The van der Waals surface area contributed by atoms with Crippen LogP contribution in [0, 0.1) is 19.8 Å². The van der Waals surface area contributed by atoms with E-state index in [9.17, 15) is 0 Å². The highest BCUT2D eigenvalue weighted by Gasteiger charge is 2.15. The number of hydrogen-bond acceptors (Lipinski definition) is 3. The van der Waals surface area contributed by atoms with E-state index in [1.54, 1.807) is 0 Å². The molecule has 17 heavy (non-hydrogen) atoms. The fourth-order valence-corrected chi connectivity index (χ4v) is 3.64. The van der Waals surface area contributed by atoms with E-state index in [1.807, 2.05) is 11.3 Å². The fraction of sp³-hybridized carbons (Fsp3) is 0.714. The lowest BCUT2D eigenvalue weighted by Crippen LogP contribution is -2.34. The van der Waals surface area contributed by atoms with Gasteiger partial charge in [-0.05, 0) is 70.8 Å². The van der Waals surface area contributed by atoms with Gasteiger partial charge in [0, 0.05) is 15.8 Å². The van der Waals surface area contributed by atoms with Crippen LogP contribution >= 0.6 is 11.3 Å². The molecule has 0 saturated carbocycles. The van der Waals surface area contributed by atoms with Crippen molar-refractivity contribution in [1.82, 2.24) is 10.6 Å². The first-order chi connectivity index (χ1) is 8.16. The van der Waals surface area contributed by atoms with Crippen molar-refractivity contribution in [3.05, 3.63) is 21.4 Å². The van der Waals surface area contributed by atoms with Crippen LogP contribution in [0.5, 0.6) is 0 Å². The van der Waals surface area contributed by atoms with Crippen LogP contribution in [-0.4, -0.2) is 19.6 Å². The van der Waals surface area contributed by atoms with Gasteiger partial charge in [0.15, 0.2) is 0 Å². The lowest BCUT2D eigenvalue weighted by molar-refractivity contribution is 0.345. The lowest BCUT2D eigenvalue weighted by atomic mass is 9.97. The Morgan fingerprint density at radius 2 is 2.12 bits per heavy atom. The van der Waals surface area contributed by atoms with Crippen LogP contribution in [0.4, 0.5) is 0 Å². The summed E-state index contributed by atoms with van der Waals surface area (Å²) in [6, 6.07) is 2.83. The number of piperidine rings is 1. The van der Waals surface area contributed by atoms with Crippen molar-refractivity contribution < 1.29 is 0 Å². The highest BCUT2D eigenvalue weighted by atomic mass is 32.1. The summed E-state index contributed by atoms with van der Waals surface area (Å²) in [4.78, 5) is 2.89. The third kappa shape index (κ3) is 3.54. The predicted molar refractivity (Wildman–Crippen MR) is 75.8 cm³/mol. The van der Waals surface area contributed by atoms with Crippen LogP contribution in [-0.2, 0) is 0 Å². The molecule has 2 rings (SSSR count). The van der Waals surface area contributed by atoms with Gasteiger partial charge in [0.2, 0.25) is 0 Å². The van der Waals surface area contributed by atoms with Crippen molar-refractivity contribution in [1.29, 1.82) is 0 Å². The molecule has 3 heteroatoms. The zero-order valence-corrected chi connectivity index (χ0v) is 12.0. The SMILES string of the molecule is Cc1cc(C(C)NCC2CCNCC2)c(C)s1. The van der Waals surface area contributed by atoms with E-state index >= 15 is 0 Å². The molecule has 1 aromatic heterocycles. The molecule has 0 radical (unpaired) electrons. The van der Waals surface area contributed by atoms with Gasteiger partial charge >= 0.3 is 0 Å². The first-order valence-corrected chi connectivity index (χ1v) is 7.49. The number of rotatable bonds is 4.